The topological polar surface area (TPSA) is 103 Å². The number of aromatic nitrogens is 5. The molecular weight excluding hydrogens is 416 g/mol. The molecule has 9 heteroatoms. The Morgan fingerprint density at radius 2 is 1.97 bits per heavy atom. The monoisotopic (exact) mass is 442 g/mol. The number of amides is 1. The average molecular weight is 443 g/mol. The number of rotatable bonds is 6. The Morgan fingerprint density at radius 1 is 1.12 bits per heavy atom. The lowest BCUT2D eigenvalue weighted by Crippen LogP contribution is -2.40. The molecule has 6 rings (SSSR count). The maximum Gasteiger partial charge on any atom is 0.247 e. The van der Waals surface area contributed by atoms with Gasteiger partial charge in [-0.3, -0.25) is 14.3 Å². The number of carbonyl (C=O) groups is 1. The van der Waals surface area contributed by atoms with E-state index >= 15 is 0 Å². The van der Waals surface area contributed by atoms with Gasteiger partial charge in [0.1, 0.15) is 11.7 Å². The van der Waals surface area contributed by atoms with Crippen molar-refractivity contribution in [1.29, 1.82) is 0 Å². The Morgan fingerprint density at radius 3 is 2.79 bits per heavy atom. The third kappa shape index (κ3) is 3.90. The summed E-state index contributed by atoms with van der Waals surface area (Å²) in [6.07, 6.45) is 6.01. The van der Waals surface area contributed by atoms with Crippen molar-refractivity contribution in [2.24, 2.45) is 0 Å². The zero-order valence-electron chi connectivity index (χ0n) is 18.5. The third-order valence-electron chi connectivity index (χ3n) is 6.36. The summed E-state index contributed by atoms with van der Waals surface area (Å²) in [5.74, 6) is 2.46. The number of benzene rings is 1. The van der Waals surface area contributed by atoms with E-state index in [1.165, 1.54) is 12.8 Å². The van der Waals surface area contributed by atoms with Gasteiger partial charge in [-0.2, -0.15) is 15.1 Å². The number of aromatic amines is 1. The van der Waals surface area contributed by atoms with Gasteiger partial charge in [-0.05, 0) is 56.9 Å². The van der Waals surface area contributed by atoms with Crippen LogP contribution in [0.4, 0.5) is 23.4 Å². The van der Waals surface area contributed by atoms with Crippen molar-refractivity contribution in [3.05, 3.63) is 59.9 Å². The van der Waals surface area contributed by atoms with Crippen LogP contribution in [0.5, 0.6) is 0 Å². The Kier molecular flexibility index (Phi) is 4.74. The fraction of sp³-hybridized carbons (Fsp3) is 0.333. The number of carbonyl (C=O) groups excluding carboxylic acids is 1. The highest BCUT2D eigenvalue weighted by Gasteiger charge is 2.33. The van der Waals surface area contributed by atoms with Gasteiger partial charge < -0.3 is 15.5 Å². The van der Waals surface area contributed by atoms with Crippen LogP contribution in [0.3, 0.4) is 0 Å². The summed E-state index contributed by atoms with van der Waals surface area (Å²) in [5, 5.41) is 13.9. The highest BCUT2D eigenvalue weighted by molar-refractivity contribution is 5.97. The summed E-state index contributed by atoms with van der Waals surface area (Å²) in [6, 6.07) is 13.4. The summed E-state index contributed by atoms with van der Waals surface area (Å²) < 4.78 is 1.90. The van der Waals surface area contributed by atoms with Crippen LogP contribution < -0.4 is 15.5 Å². The molecule has 33 heavy (non-hydrogen) atoms. The predicted molar refractivity (Wildman–Crippen MR) is 127 cm³/mol. The van der Waals surface area contributed by atoms with Crippen LogP contribution in [0.2, 0.25) is 0 Å². The fourth-order valence-corrected chi connectivity index (χ4v) is 4.39. The van der Waals surface area contributed by atoms with Gasteiger partial charge >= 0.3 is 0 Å². The number of H-pyrrole nitrogens is 1. The minimum absolute atomic E-state index is 0.0360. The van der Waals surface area contributed by atoms with E-state index in [1.54, 1.807) is 0 Å². The van der Waals surface area contributed by atoms with E-state index in [2.05, 4.69) is 20.8 Å². The van der Waals surface area contributed by atoms with Crippen LogP contribution in [-0.2, 0) is 4.79 Å². The molecule has 2 fully saturated rings. The van der Waals surface area contributed by atoms with E-state index < -0.39 is 0 Å². The number of nitrogens with one attached hydrogen (secondary N) is 3. The second kappa shape index (κ2) is 7.91. The Hall–Kier alpha value is -3.88. The van der Waals surface area contributed by atoms with Gasteiger partial charge in [0.2, 0.25) is 17.8 Å². The first-order valence-electron chi connectivity index (χ1n) is 11.5. The van der Waals surface area contributed by atoms with Gasteiger partial charge in [-0.15, -0.1) is 0 Å². The molecule has 0 bridgehead atoms. The first kappa shape index (κ1) is 19.8. The van der Waals surface area contributed by atoms with Gasteiger partial charge in [0, 0.05) is 36.1 Å². The normalized spacial score (nSPS) is 18.1. The van der Waals surface area contributed by atoms with E-state index in [0.29, 0.717) is 17.8 Å². The molecule has 0 unspecified atom stereocenters. The molecule has 1 aliphatic heterocycles. The van der Waals surface area contributed by atoms with Crippen LogP contribution >= 0.6 is 0 Å². The van der Waals surface area contributed by atoms with E-state index in [4.69, 9.17) is 9.97 Å². The molecule has 1 amide bonds. The van der Waals surface area contributed by atoms with Crippen molar-refractivity contribution >= 4 is 35.0 Å². The fourth-order valence-electron chi connectivity index (χ4n) is 4.39. The maximum absolute atomic E-state index is 13.1. The first-order valence-corrected chi connectivity index (χ1v) is 11.5. The van der Waals surface area contributed by atoms with Gasteiger partial charge in [-0.25, -0.2) is 0 Å². The Bertz CT molecular complexity index is 1300. The highest BCUT2D eigenvalue weighted by atomic mass is 16.2. The van der Waals surface area contributed by atoms with Crippen LogP contribution in [-0.4, -0.2) is 43.1 Å². The zero-order valence-corrected chi connectivity index (χ0v) is 18.5. The standard InChI is InChI=1S/C24H26N8O/c1-15-6-10-17(11-7-15)25-22(33)19-4-2-12-31(19)24-27-21-5-3-13-32(21)23(28-24)26-20-14-18(29-30-20)16-8-9-16/h3,5-7,10-11,13-14,16,19H,2,4,8-9,12H2,1H3,(H,25,33)(H2,26,27,28,29,30)/t19-/m0/s1. The Labute approximate surface area is 191 Å². The number of anilines is 4. The van der Waals surface area contributed by atoms with E-state index in [0.717, 1.165) is 47.8 Å². The molecule has 1 saturated carbocycles. The van der Waals surface area contributed by atoms with Gasteiger partial charge in [-0.1, -0.05) is 17.7 Å². The number of hydrogen-bond acceptors (Lipinski definition) is 6. The van der Waals surface area contributed by atoms with E-state index in [1.807, 2.05) is 64.9 Å². The molecule has 0 radical (unpaired) electrons. The SMILES string of the molecule is Cc1ccc(NC(=O)[C@@H]2CCCN2c2nc(Nc3cc(C4CC4)[nH]n3)n3cccc3n2)cc1. The molecule has 4 aromatic rings. The van der Waals surface area contributed by atoms with Crippen molar-refractivity contribution in [3.63, 3.8) is 0 Å². The molecule has 4 heterocycles. The molecule has 168 valence electrons. The van der Waals surface area contributed by atoms with Gasteiger partial charge in [0.05, 0.1) is 0 Å². The van der Waals surface area contributed by atoms with Crippen molar-refractivity contribution in [2.75, 3.05) is 22.1 Å². The minimum atomic E-state index is -0.316. The van der Waals surface area contributed by atoms with Gasteiger partial charge in [0.15, 0.2) is 5.82 Å². The molecule has 3 N–H and O–H groups in total. The summed E-state index contributed by atoms with van der Waals surface area (Å²) in [7, 11) is 0. The summed E-state index contributed by atoms with van der Waals surface area (Å²) >= 11 is 0. The molecule has 3 aromatic heterocycles. The molecule has 1 aromatic carbocycles. The lowest BCUT2D eigenvalue weighted by atomic mass is 10.2. The summed E-state index contributed by atoms with van der Waals surface area (Å²) in [6.45, 7) is 2.76. The second-order valence-corrected chi connectivity index (χ2v) is 8.90. The van der Waals surface area contributed by atoms with Crippen molar-refractivity contribution in [1.82, 2.24) is 24.6 Å². The Balaban J connectivity index is 1.27. The maximum atomic E-state index is 13.1. The molecule has 1 aliphatic carbocycles. The van der Waals surface area contributed by atoms with Crippen LogP contribution in [0, 0.1) is 6.92 Å². The van der Waals surface area contributed by atoms with Crippen molar-refractivity contribution in [2.45, 2.75) is 44.6 Å². The predicted octanol–water partition coefficient (Wildman–Crippen LogP) is 3.99. The molecule has 2 aliphatic rings. The number of fused-ring (bicyclic) bond motifs is 1. The molecular formula is C24H26N8O. The number of nitrogens with zero attached hydrogens (tertiary/aromatic N) is 5. The smallest absolute Gasteiger partial charge is 0.247 e. The van der Waals surface area contributed by atoms with E-state index in [-0.39, 0.29) is 11.9 Å². The zero-order chi connectivity index (χ0) is 22.4. The molecule has 1 atom stereocenters. The van der Waals surface area contributed by atoms with Crippen LogP contribution in [0.25, 0.3) is 5.65 Å². The average Bonchev–Trinajstić information content (AvgIpc) is 3.20. The lowest BCUT2D eigenvalue weighted by Gasteiger charge is -2.24. The molecule has 1 saturated heterocycles. The largest absolute Gasteiger partial charge is 0.329 e. The highest BCUT2D eigenvalue weighted by Crippen LogP contribution is 2.39. The van der Waals surface area contributed by atoms with Gasteiger partial charge in [0.25, 0.3) is 0 Å². The summed E-state index contributed by atoms with van der Waals surface area (Å²) in [5.41, 5.74) is 3.88. The van der Waals surface area contributed by atoms with Crippen LogP contribution in [0.15, 0.2) is 48.7 Å². The quantitative estimate of drug-likeness (QED) is 0.417. The summed E-state index contributed by atoms with van der Waals surface area (Å²) in [4.78, 5) is 24.7. The van der Waals surface area contributed by atoms with Crippen LogP contribution in [0.1, 0.15) is 42.9 Å². The number of hydrogen-bond donors (Lipinski definition) is 3. The van der Waals surface area contributed by atoms with Crippen molar-refractivity contribution < 1.29 is 4.79 Å². The first-order chi connectivity index (χ1) is 16.1. The molecule has 9 nitrogen and oxygen atoms in total. The lowest BCUT2D eigenvalue weighted by molar-refractivity contribution is -0.117. The molecule has 0 spiro atoms. The minimum Gasteiger partial charge on any atom is -0.329 e. The third-order valence-corrected chi connectivity index (χ3v) is 6.36. The van der Waals surface area contributed by atoms with E-state index in [9.17, 15) is 4.79 Å². The van der Waals surface area contributed by atoms with Crippen molar-refractivity contribution in [3.8, 4) is 0 Å². The number of aryl methyl sites for hydroxylation is 1. The second-order valence-electron chi connectivity index (χ2n) is 8.90.